The average Bonchev–Trinajstić information content (AvgIpc) is 2.88. The van der Waals surface area contributed by atoms with Crippen molar-refractivity contribution in [3.05, 3.63) is 44.8 Å². The normalized spacial score (nSPS) is 12.0. The van der Waals surface area contributed by atoms with Crippen molar-refractivity contribution in [1.82, 2.24) is 4.98 Å². The lowest BCUT2D eigenvalue weighted by molar-refractivity contribution is -0.152. The molecule has 0 aliphatic heterocycles. The first-order valence-electron chi connectivity index (χ1n) is 6.49. The minimum absolute atomic E-state index is 0.0313. The van der Waals surface area contributed by atoms with Crippen LogP contribution in [-0.4, -0.2) is 10.1 Å². The second-order valence-electron chi connectivity index (χ2n) is 5.01. The number of aromatic hydroxyl groups is 1. The first-order valence-corrected chi connectivity index (χ1v) is 7.37. The predicted octanol–water partition coefficient (Wildman–Crippen LogP) is 4.26. The van der Waals surface area contributed by atoms with Gasteiger partial charge in [-0.15, -0.1) is 11.3 Å². The van der Waals surface area contributed by atoms with Gasteiger partial charge in [0.2, 0.25) is 11.2 Å². The summed E-state index contributed by atoms with van der Waals surface area (Å²) in [5.74, 6) is -1.65. The number of rotatable bonds is 1. The van der Waals surface area contributed by atoms with E-state index in [0.29, 0.717) is 5.69 Å². The third kappa shape index (κ3) is 2.48. The van der Waals surface area contributed by atoms with Gasteiger partial charge >= 0.3 is 6.18 Å². The molecule has 0 atom stereocenters. The van der Waals surface area contributed by atoms with Gasteiger partial charge in [0.25, 0.3) is 0 Å². The first kappa shape index (κ1) is 15.5. The van der Waals surface area contributed by atoms with Crippen LogP contribution >= 0.6 is 11.3 Å². The number of phenolic OH excluding ortho intramolecular Hbond substituents is 1. The van der Waals surface area contributed by atoms with E-state index in [0.717, 1.165) is 11.3 Å². The molecule has 2 aromatic heterocycles. The number of thiazole rings is 1. The number of aryl methyl sites for hydroxylation is 2. The molecule has 0 saturated carbocycles. The molecule has 1 N–H and O–H groups in total. The SMILES string of the molecule is Cc1csc(-c2c(C(F)(F)F)oc3c(C)c(O)ccc3c2=O)n1. The quantitative estimate of drug-likeness (QED) is 0.718. The third-order valence-electron chi connectivity index (χ3n) is 3.37. The highest BCUT2D eigenvalue weighted by Gasteiger charge is 2.40. The van der Waals surface area contributed by atoms with E-state index in [2.05, 4.69) is 4.98 Å². The monoisotopic (exact) mass is 341 g/mol. The van der Waals surface area contributed by atoms with E-state index < -0.39 is 22.9 Å². The van der Waals surface area contributed by atoms with Crippen molar-refractivity contribution in [1.29, 1.82) is 0 Å². The Morgan fingerprint density at radius 3 is 2.52 bits per heavy atom. The molecular weight excluding hydrogens is 331 g/mol. The van der Waals surface area contributed by atoms with Gasteiger partial charge in [-0.05, 0) is 26.0 Å². The van der Waals surface area contributed by atoms with Crippen molar-refractivity contribution < 1.29 is 22.7 Å². The number of hydrogen-bond acceptors (Lipinski definition) is 5. The van der Waals surface area contributed by atoms with Gasteiger partial charge < -0.3 is 9.52 Å². The predicted molar refractivity (Wildman–Crippen MR) is 79.7 cm³/mol. The number of hydrogen-bond donors (Lipinski definition) is 1. The fraction of sp³-hybridized carbons (Fsp3) is 0.200. The lowest BCUT2D eigenvalue weighted by Crippen LogP contribution is -2.16. The lowest BCUT2D eigenvalue weighted by atomic mass is 10.1. The fourth-order valence-corrected chi connectivity index (χ4v) is 3.08. The summed E-state index contributed by atoms with van der Waals surface area (Å²) in [6.45, 7) is 3.01. The number of fused-ring (bicyclic) bond motifs is 1. The Morgan fingerprint density at radius 1 is 1.26 bits per heavy atom. The van der Waals surface area contributed by atoms with E-state index in [1.54, 1.807) is 12.3 Å². The summed E-state index contributed by atoms with van der Waals surface area (Å²) in [6.07, 6.45) is -4.86. The molecule has 4 nitrogen and oxygen atoms in total. The largest absolute Gasteiger partial charge is 0.508 e. The summed E-state index contributed by atoms with van der Waals surface area (Å²) >= 11 is 0.942. The van der Waals surface area contributed by atoms with Gasteiger partial charge in [0.1, 0.15) is 21.9 Å². The Bertz CT molecular complexity index is 972. The van der Waals surface area contributed by atoms with Crippen LogP contribution in [0, 0.1) is 13.8 Å². The summed E-state index contributed by atoms with van der Waals surface area (Å²) in [5.41, 5.74) is -1.12. The topological polar surface area (TPSA) is 63.3 Å². The molecule has 2 heterocycles. The number of alkyl halides is 3. The maximum absolute atomic E-state index is 13.4. The van der Waals surface area contributed by atoms with E-state index in [-0.39, 0.29) is 27.3 Å². The van der Waals surface area contributed by atoms with Crippen LogP contribution in [0.4, 0.5) is 13.2 Å². The molecule has 0 aliphatic carbocycles. The lowest BCUT2D eigenvalue weighted by Gasteiger charge is -2.12. The maximum atomic E-state index is 13.4. The third-order valence-corrected chi connectivity index (χ3v) is 4.35. The Hall–Kier alpha value is -2.35. The van der Waals surface area contributed by atoms with Crippen molar-refractivity contribution in [2.24, 2.45) is 0 Å². The van der Waals surface area contributed by atoms with Crippen LogP contribution in [0.3, 0.4) is 0 Å². The summed E-state index contributed by atoms with van der Waals surface area (Å²) in [7, 11) is 0. The number of halogens is 3. The van der Waals surface area contributed by atoms with Crippen LogP contribution in [0.25, 0.3) is 21.5 Å². The molecule has 0 spiro atoms. The van der Waals surface area contributed by atoms with Gasteiger partial charge in [-0.1, -0.05) is 0 Å². The number of benzene rings is 1. The minimum atomic E-state index is -4.86. The summed E-state index contributed by atoms with van der Waals surface area (Å²) < 4.78 is 45.1. The summed E-state index contributed by atoms with van der Waals surface area (Å²) in [5, 5.41) is 11.1. The van der Waals surface area contributed by atoms with Crippen LogP contribution in [0.5, 0.6) is 5.75 Å². The minimum Gasteiger partial charge on any atom is -0.508 e. The smallest absolute Gasteiger partial charge is 0.450 e. The Labute approximate surface area is 131 Å². The van der Waals surface area contributed by atoms with E-state index in [1.807, 2.05) is 0 Å². The van der Waals surface area contributed by atoms with Gasteiger partial charge in [0, 0.05) is 16.6 Å². The molecule has 0 aliphatic rings. The molecule has 3 aromatic rings. The van der Waals surface area contributed by atoms with Crippen LogP contribution < -0.4 is 5.43 Å². The highest BCUT2D eigenvalue weighted by molar-refractivity contribution is 7.13. The molecule has 0 radical (unpaired) electrons. The van der Waals surface area contributed by atoms with Crippen molar-refractivity contribution in [3.63, 3.8) is 0 Å². The summed E-state index contributed by atoms with van der Waals surface area (Å²) in [4.78, 5) is 16.6. The van der Waals surface area contributed by atoms with Gasteiger partial charge in [0.15, 0.2) is 0 Å². The van der Waals surface area contributed by atoms with Crippen LogP contribution in [0.15, 0.2) is 26.7 Å². The van der Waals surface area contributed by atoms with Crippen LogP contribution in [0.1, 0.15) is 17.0 Å². The molecule has 0 unspecified atom stereocenters. The van der Waals surface area contributed by atoms with E-state index in [9.17, 15) is 23.1 Å². The molecule has 3 rings (SSSR count). The van der Waals surface area contributed by atoms with E-state index >= 15 is 0 Å². The Morgan fingerprint density at radius 2 is 1.96 bits per heavy atom. The number of phenols is 1. The van der Waals surface area contributed by atoms with E-state index in [1.165, 1.54) is 19.1 Å². The molecule has 120 valence electrons. The Kier molecular flexibility index (Phi) is 3.44. The molecule has 0 saturated heterocycles. The zero-order chi connectivity index (χ0) is 16.9. The van der Waals surface area contributed by atoms with Crippen molar-refractivity contribution in [2.75, 3.05) is 0 Å². The van der Waals surface area contributed by atoms with Gasteiger partial charge in [-0.3, -0.25) is 4.79 Å². The number of nitrogens with zero attached hydrogens (tertiary/aromatic N) is 1. The van der Waals surface area contributed by atoms with Gasteiger partial charge in [-0.2, -0.15) is 13.2 Å². The zero-order valence-electron chi connectivity index (χ0n) is 12.0. The first-order chi connectivity index (χ1) is 10.7. The molecular formula is C15H10F3NO3S. The molecule has 8 heteroatoms. The van der Waals surface area contributed by atoms with E-state index in [4.69, 9.17) is 4.42 Å². The van der Waals surface area contributed by atoms with Crippen molar-refractivity contribution >= 4 is 22.3 Å². The van der Waals surface area contributed by atoms with Gasteiger partial charge in [-0.25, -0.2) is 4.98 Å². The van der Waals surface area contributed by atoms with Crippen molar-refractivity contribution in [2.45, 2.75) is 20.0 Å². The second kappa shape index (κ2) is 5.09. The van der Waals surface area contributed by atoms with Crippen LogP contribution in [-0.2, 0) is 6.18 Å². The highest BCUT2D eigenvalue weighted by Crippen LogP contribution is 2.39. The molecule has 0 amide bonds. The molecule has 23 heavy (non-hydrogen) atoms. The van der Waals surface area contributed by atoms with Crippen LogP contribution in [0.2, 0.25) is 0 Å². The molecule has 1 aromatic carbocycles. The second-order valence-corrected chi connectivity index (χ2v) is 5.87. The summed E-state index contributed by atoms with van der Waals surface area (Å²) in [6, 6.07) is 2.49. The Balaban J connectivity index is 2.50. The van der Waals surface area contributed by atoms with Gasteiger partial charge in [0.05, 0.1) is 5.39 Å². The average molecular weight is 341 g/mol. The standard InChI is InChI=1S/C15H10F3NO3S/c1-6-5-23-14(19-6)10-11(21)8-3-4-9(20)7(2)12(8)22-13(10)15(16,17)18/h3-5,20H,1-2H3. The number of aromatic nitrogens is 1. The highest BCUT2D eigenvalue weighted by atomic mass is 32.1. The zero-order valence-corrected chi connectivity index (χ0v) is 12.8. The molecule has 0 fully saturated rings. The molecule has 0 bridgehead atoms. The maximum Gasteiger partial charge on any atom is 0.450 e. The van der Waals surface area contributed by atoms with Crippen molar-refractivity contribution in [3.8, 4) is 16.3 Å². The fourth-order valence-electron chi connectivity index (χ4n) is 2.25.